The number of carbonyl (C=O) groups excluding carboxylic acids is 1. The fraction of sp³-hybridized carbons (Fsp3) is 0.444. The van der Waals surface area contributed by atoms with Gasteiger partial charge in [0, 0.05) is 18.7 Å². The number of piperidine rings is 1. The van der Waals surface area contributed by atoms with Crippen LogP contribution >= 0.6 is 22.6 Å². The second-order valence-electron chi connectivity index (χ2n) is 6.00. The Bertz CT molecular complexity index is 697. The van der Waals surface area contributed by atoms with E-state index in [9.17, 15) is 4.79 Å². The van der Waals surface area contributed by atoms with Crippen molar-refractivity contribution in [3.8, 4) is 0 Å². The molecule has 0 atom stereocenters. The first kappa shape index (κ1) is 18.0. The molecule has 6 nitrogen and oxygen atoms in total. The van der Waals surface area contributed by atoms with Crippen molar-refractivity contribution in [2.75, 3.05) is 19.7 Å². The van der Waals surface area contributed by atoms with Gasteiger partial charge in [-0.25, -0.2) is 4.79 Å². The molecule has 0 unspecified atom stereocenters. The third kappa shape index (κ3) is 4.65. The lowest BCUT2D eigenvalue weighted by atomic mass is 9.92. The van der Waals surface area contributed by atoms with Crippen molar-refractivity contribution in [1.82, 2.24) is 14.8 Å². The highest BCUT2D eigenvalue weighted by Crippen LogP contribution is 2.30. The first-order valence-electron chi connectivity index (χ1n) is 8.51. The predicted octanol–water partition coefficient (Wildman–Crippen LogP) is 3.45. The average Bonchev–Trinajstić information content (AvgIpc) is 3.02. The normalized spacial score (nSPS) is 15.2. The average molecular weight is 455 g/mol. The minimum atomic E-state index is -0.211. The Kier molecular flexibility index (Phi) is 6.17. The largest absolute Gasteiger partial charge is 0.450 e. The van der Waals surface area contributed by atoms with Crippen molar-refractivity contribution in [2.24, 2.45) is 0 Å². The Hall–Kier alpha value is -1.77. The van der Waals surface area contributed by atoms with Gasteiger partial charge in [0.2, 0.25) is 0 Å². The summed E-state index contributed by atoms with van der Waals surface area (Å²) in [6.07, 6.45) is 3.59. The Morgan fingerprint density at radius 1 is 1.28 bits per heavy atom. The van der Waals surface area contributed by atoms with Crippen LogP contribution in [0.3, 0.4) is 0 Å². The summed E-state index contributed by atoms with van der Waals surface area (Å²) in [6, 6.07) is 10.0. The summed E-state index contributed by atoms with van der Waals surface area (Å²) in [5.41, 5.74) is 2.30. The number of ether oxygens (including phenoxy) is 1. The molecular formula is C18H22IN3O3. The Balaban J connectivity index is 1.57. The number of carbonyl (C=O) groups is 1. The van der Waals surface area contributed by atoms with E-state index in [1.54, 1.807) is 9.75 Å². The zero-order valence-corrected chi connectivity index (χ0v) is 16.4. The minimum Gasteiger partial charge on any atom is -0.450 e. The fourth-order valence-electron chi connectivity index (χ4n) is 2.99. The van der Waals surface area contributed by atoms with Crippen LogP contribution in [-0.4, -0.2) is 40.6 Å². The van der Waals surface area contributed by atoms with Crippen LogP contribution in [0.5, 0.6) is 0 Å². The lowest BCUT2D eigenvalue weighted by Crippen LogP contribution is -2.38. The summed E-state index contributed by atoms with van der Waals surface area (Å²) >= 11 is 2.25. The fourth-order valence-corrected chi connectivity index (χ4v) is 3.78. The van der Waals surface area contributed by atoms with Crippen LogP contribution in [0.25, 0.3) is 0 Å². The molecule has 1 aromatic carbocycles. The first-order valence-corrected chi connectivity index (χ1v) is 9.59. The quantitative estimate of drug-likeness (QED) is 0.649. The van der Waals surface area contributed by atoms with Crippen LogP contribution in [0.15, 0.2) is 36.5 Å². The van der Waals surface area contributed by atoms with Crippen LogP contribution in [0.2, 0.25) is 0 Å². The maximum Gasteiger partial charge on any atom is 0.409 e. The number of hydrogen-bond acceptors (Lipinski definition) is 4. The number of nitrogens with zero attached hydrogens (tertiary/aromatic N) is 3. The zero-order valence-electron chi connectivity index (χ0n) is 14.2. The van der Waals surface area contributed by atoms with Crippen molar-refractivity contribution in [3.05, 3.63) is 51.4 Å². The minimum absolute atomic E-state index is 0.211. The van der Waals surface area contributed by atoms with Gasteiger partial charge < -0.3 is 14.5 Å². The number of aromatic nitrogens is 2. The first-order chi connectivity index (χ1) is 12.2. The number of halogens is 1. The summed E-state index contributed by atoms with van der Waals surface area (Å²) in [4.78, 5) is 20.9. The van der Waals surface area contributed by atoms with Crippen molar-refractivity contribution < 1.29 is 14.4 Å². The van der Waals surface area contributed by atoms with Gasteiger partial charge in [-0.1, -0.05) is 30.3 Å². The monoisotopic (exact) mass is 455 g/mol. The molecule has 25 heavy (non-hydrogen) atoms. The number of amides is 1. The van der Waals surface area contributed by atoms with Crippen LogP contribution in [-0.2, 0) is 11.3 Å². The van der Waals surface area contributed by atoms with E-state index in [1.807, 2.05) is 43.5 Å². The number of hydrogen-bond donors (Lipinski definition) is 0. The molecule has 3 rings (SSSR count). The molecule has 0 N–H and O–H groups in total. The SMILES string of the molecule is CCOC(=O)N1CCC(c2cn(OCc3ccccc3)nc2I)CC1. The van der Waals surface area contributed by atoms with E-state index in [4.69, 9.17) is 9.57 Å². The van der Waals surface area contributed by atoms with Crippen LogP contribution in [0.1, 0.15) is 36.8 Å². The van der Waals surface area contributed by atoms with E-state index in [2.05, 4.69) is 27.7 Å². The zero-order chi connectivity index (χ0) is 17.6. The van der Waals surface area contributed by atoms with Gasteiger partial charge in [0.25, 0.3) is 0 Å². The summed E-state index contributed by atoms with van der Waals surface area (Å²) in [5.74, 6) is 0.395. The molecule has 0 bridgehead atoms. The third-order valence-corrected chi connectivity index (χ3v) is 5.18. The molecule has 2 aromatic rings. The van der Waals surface area contributed by atoms with Gasteiger partial charge in [-0.3, -0.25) is 0 Å². The molecule has 1 aromatic heterocycles. The molecule has 0 saturated carbocycles. The van der Waals surface area contributed by atoms with Crippen LogP contribution in [0, 0.1) is 3.70 Å². The van der Waals surface area contributed by atoms with Gasteiger partial charge in [-0.2, -0.15) is 0 Å². The van der Waals surface area contributed by atoms with Crippen LogP contribution in [0.4, 0.5) is 4.79 Å². The van der Waals surface area contributed by atoms with Crippen LogP contribution < -0.4 is 4.84 Å². The molecule has 1 fully saturated rings. The number of benzene rings is 1. The summed E-state index contributed by atoms with van der Waals surface area (Å²) in [7, 11) is 0. The maximum absolute atomic E-state index is 11.8. The van der Waals surface area contributed by atoms with Gasteiger partial charge in [0.1, 0.15) is 10.3 Å². The van der Waals surface area contributed by atoms with Crippen molar-refractivity contribution >= 4 is 28.7 Å². The molecule has 1 aliphatic rings. The molecule has 2 heterocycles. The Labute approximate surface area is 161 Å². The van der Waals surface area contributed by atoms with E-state index in [1.165, 1.54) is 5.56 Å². The molecule has 0 radical (unpaired) electrons. The van der Waals surface area contributed by atoms with Gasteiger partial charge in [0.15, 0.2) is 0 Å². The van der Waals surface area contributed by atoms with Gasteiger partial charge in [-0.05, 0) is 53.8 Å². The Morgan fingerprint density at radius 2 is 2.00 bits per heavy atom. The number of likely N-dealkylation sites (tertiary alicyclic amines) is 1. The van der Waals surface area contributed by atoms with Gasteiger partial charge in [0.05, 0.1) is 12.8 Å². The lowest BCUT2D eigenvalue weighted by Gasteiger charge is -2.30. The molecule has 1 saturated heterocycles. The van der Waals surface area contributed by atoms with Crippen molar-refractivity contribution in [2.45, 2.75) is 32.3 Å². The van der Waals surface area contributed by atoms with E-state index in [-0.39, 0.29) is 6.09 Å². The molecule has 7 heteroatoms. The van der Waals surface area contributed by atoms with E-state index < -0.39 is 0 Å². The summed E-state index contributed by atoms with van der Waals surface area (Å²) in [5, 5.41) is 4.46. The molecule has 0 aliphatic carbocycles. The Morgan fingerprint density at radius 3 is 2.68 bits per heavy atom. The second-order valence-corrected chi connectivity index (χ2v) is 7.02. The van der Waals surface area contributed by atoms with E-state index in [0.717, 1.165) is 35.2 Å². The number of rotatable bonds is 5. The lowest BCUT2D eigenvalue weighted by molar-refractivity contribution is 0.0690. The van der Waals surface area contributed by atoms with E-state index in [0.29, 0.717) is 19.1 Å². The summed E-state index contributed by atoms with van der Waals surface area (Å²) in [6.45, 7) is 4.17. The molecule has 1 amide bonds. The smallest absolute Gasteiger partial charge is 0.409 e. The molecular weight excluding hydrogens is 433 g/mol. The standard InChI is InChI=1S/C18H22IN3O3/c1-2-24-18(23)21-10-8-15(9-11-21)16-12-22(20-17(16)19)25-13-14-6-4-3-5-7-14/h3-7,12,15H,2,8-11,13H2,1H3. The topological polar surface area (TPSA) is 56.6 Å². The van der Waals surface area contributed by atoms with Crippen molar-refractivity contribution in [1.29, 1.82) is 0 Å². The second kappa shape index (κ2) is 8.55. The maximum atomic E-state index is 11.8. The predicted molar refractivity (Wildman–Crippen MR) is 102 cm³/mol. The molecule has 0 spiro atoms. The highest BCUT2D eigenvalue weighted by Gasteiger charge is 2.27. The third-order valence-electron chi connectivity index (χ3n) is 4.34. The van der Waals surface area contributed by atoms with Gasteiger partial charge in [-0.15, -0.1) is 9.94 Å². The van der Waals surface area contributed by atoms with Gasteiger partial charge >= 0.3 is 6.09 Å². The summed E-state index contributed by atoms with van der Waals surface area (Å²) < 4.78 is 6.03. The highest BCUT2D eigenvalue weighted by atomic mass is 127. The van der Waals surface area contributed by atoms with Crippen molar-refractivity contribution in [3.63, 3.8) is 0 Å². The molecule has 1 aliphatic heterocycles. The van der Waals surface area contributed by atoms with E-state index >= 15 is 0 Å². The molecule has 134 valence electrons. The highest BCUT2D eigenvalue weighted by molar-refractivity contribution is 14.1.